The standard InChI is InChI=1S/C16H25N3/c1-13-5-3-6-14(11-13)18(2)16(12-17)8-10-19-9-4-7-15(16)19/h3,5-6,11,15H,4,7-10,12,17H2,1-2H3. The van der Waals surface area contributed by atoms with E-state index in [1.165, 1.54) is 43.6 Å². The molecule has 2 heterocycles. The molecule has 2 aliphatic rings. The fraction of sp³-hybridized carbons (Fsp3) is 0.625. The number of benzene rings is 1. The first-order valence-corrected chi connectivity index (χ1v) is 7.42. The van der Waals surface area contributed by atoms with Crippen molar-refractivity contribution < 1.29 is 0 Å². The van der Waals surface area contributed by atoms with E-state index in [1.807, 2.05) is 0 Å². The molecule has 0 saturated carbocycles. The third kappa shape index (κ3) is 1.96. The van der Waals surface area contributed by atoms with E-state index >= 15 is 0 Å². The fourth-order valence-electron chi connectivity index (χ4n) is 4.07. The van der Waals surface area contributed by atoms with Crippen LogP contribution in [0.3, 0.4) is 0 Å². The zero-order chi connectivity index (χ0) is 13.5. The van der Waals surface area contributed by atoms with E-state index in [4.69, 9.17) is 5.73 Å². The molecule has 0 bridgehead atoms. The van der Waals surface area contributed by atoms with Gasteiger partial charge in [0, 0.05) is 31.9 Å². The van der Waals surface area contributed by atoms with Gasteiger partial charge in [-0.15, -0.1) is 0 Å². The summed E-state index contributed by atoms with van der Waals surface area (Å²) in [6.07, 6.45) is 3.82. The second kappa shape index (κ2) is 4.80. The van der Waals surface area contributed by atoms with Gasteiger partial charge < -0.3 is 10.6 Å². The predicted octanol–water partition coefficient (Wildman–Crippen LogP) is 2.00. The molecule has 3 rings (SSSR count). The number of rotatable bonds is 3. The molecule has 0 aliphatic carbocycles. The van der Waals surface area contributed by atoms with E-state index in [1.54, 1.807) is 0 Å². The van der Waals surface area contributed by atoms with Gasteiger partial charge in [0.15, 0.2) is 0 Å². The second-order valence-electron chi connectivity index (χ2n) is 6.15. The highest BCUT2D eigenvalue weighted by Crippen LogP contribution is 2.40. The van der Waals surface area contributed by atoms with Crippen LogP contribution in [0.2, 0.25) is 0 Å². The van der Waals surface area contributed by atoms with Crippen LogP contribution in [0.1, 0.15) is 24.8 Å². The van der Waals surface area contributed by atoms with Gasteiger partial charge in [0.05, 0.1) is 5.54 Å². The van der Waals surface area contributed by atoms with Gasteiger partial charge in [0.2, 0.25) is 0 Å². The average Bonchev–Trinajstić information content (AvgIpc) is 3.00. The van der Waals surface area contributed by atoms with Gasteiger partial charge >= 0.3 is 0 Å². The maximum Gasteiger partial charge on any atom is 0.0687 e. The van der Waals surface area contributed by atoms with E-state index in [2.05, 4.69) is 48.0 Å². The van der Waals surface area contributed by atoms with Crippen molar-refractivity contribution in [3.05, 3.63) is 29.8 Å². The molecular weight excluding hydrogens is 234 g/mol. The van der Waals surface area contributed by atoms with E-state index in [-0.39, 0.29) is 5.54 Å². The summed E-state index contributed by atoms with van der Waals surface area (Å²) in [6.45, 7) is 5.37. The Balaban J connectivity index is 1.93. The topological polar surface area (TPSA) is 32.5 Å². The average molecular weight is 259 g/mol. The normalized spacial score (nSPS) is 30.6. The van der Waals surface area contributed by atoms with Crippen molar-refractivity contribution in [1.29, 1.82) is 0 Å². The molecule has 0 amide bonds. The maximum atomic E-state index is 6.23. The Labute approximate surface area is 116 Å². The van der Waals surface area contributed by atoms with Gasteiger partial charge in [-0.2, -0.15) is 0 Å². The van der Waals surface area contributed by atoms with E-state index in [0.29, 0.717) is 6.04 Å². The molecule has 0 radical (unpaired) electrons. The third-order valence-corrected chi connectivity index (χ3v) is 5.23. The van der Waals surface area contributed by atoms with Crippen molar-refractivity contribution in [1.82, 2.24) is 4.90 Å². The van der Waals surface area contributed by atoms with Crippen LogP contribution >= 0.6 is 0 Å². The van der Waals surface area contributed by atoms with Crippen LogP contribution < -0.4 is 10.6 Å². The molecule has 3 nitrogen and oxygen atoms in total. The van der Waals surface area contributed by atoms with Crippen LogP contribution in [0.4, 0.5) is 5.69 Å². The molecule has 2 saturated heterocycles. The van der Waals surface area contributed by atoms with Crippen molar-refractivity contribution in [2.75, 3.05) is 31.6 Å². The Morgan fingerprint density at radius 3 is 3.00 bits per heavy atom. The molecule has 3 heteroatoms. The van der Waals surface area contributed by atoms with Crippen LogP contribution in [-0.2, 0) is 0 Å². The summed E-state index contributed by atoms with van der Waals surface area (Å²) in [4.78, 5) is 5.09. The van der Waals surface area contributed by atoms with Crippen molar-refractivity contribution in [3.8, 4) is 0 Å². The number of nitrogens with two attached hydrogens (primary N) is 1. The first-order valence-electron chi connectivity index (χ1n) is 7.42. The molecule has 2 unspecified atom stereocenters. The van der Waals surface area contributed by atoms with Gasteiger partial charge in [-0.05, 0) is 50.4 Å². The minimum atomic E-state index is 0.129. The Kier molecular flexibility index (Phi) is 3.27. The monoisotopic (exact) mass is 259 g/mol. The summed E-state index contributed by atoms with van der Waals surface area (Å²) in [5, 5.41) is 0. The van der Waals surface area contributed by atoms with Gasteiger partial charge in [-0.3, -0.25) is 4.90 Å². The lowest BCUT2D eigenvalue weighted by molar-refractivity contribution is 0.262. The van der Waals surface area contributed by atoms with Crippen LogP contribution in [0.5, 0.6) is 0 Å². The molecule has 104 valence electrons. The molecule has 19 heavy (non-hydrogen) atoms. The number of hydrogen-bond donors (Lipinski definition) is 1. The summed E-state index contributed by atoms with van der Waals surface area (Å²) in [5.41, 5.74) is 8.98. The number of aryl methyl sites for hydroxylation is 1. The second-order valence-corrected chi connectivity index (χ2v) is 6.15. The van der Waals surface area contributed by atoms with Crippen molar-refractivity contribution >= 4 is 5.69 Å². The fourth-order valence-corrected chi connectivity index (χ4v) is 4.07. The lowest BCUT2D eigenvalue weighted by Crippen LogP contribution is -2.58. The minimum Gasteiger partial charge on any atom is -0.366 e. The highest BCUT2D eigenvalue weighted by Gasteiger charge is 2.50. The number of fused-ring (bicyclic) bond motifs is 1. The van der Waals surface area contributed by atoms with Crippen molar-refractivity contribution in [2.24, 2.45) is 5.73 Å². The molecule has 1 aromatic rings. The number of anilines is 1. The molecule has 0 aromatic heterocycles. The van der Waals surface area contributed by atoms with Gasteiger partial charge in [0.1, 0.15) is 0 Å². The van der Waals surface area contributed by atoms with Crippen LogP contribution in [0.25, 0.3) is 0 Å². The van der Waals surface area contributed by atoms with Crippen LogP contribution in [-0.4, -0.2) is 43.2 Å². The summed E-state index contributed by atoms with van der Waals surface area (Å²) < 4.78 is 0. The van der Waals surface area contributed by atoms with E-state index in [0.717, 1.165) is 6.54 Å². The number of likely N-dealkylation sites (N-methyl/N-ethyl adjacent to an activating group) is 1. The number of nitrogens with zero attached hydrogens (tertiary/aromatic N) is 2. The maximum absolute atomic E-state index is 6.23. The predicted molar refractivity (Wildman–Crippen MR) is 80.6 cm³/mol. The van der Waals surface area contributed by atoms with Crippen molar-refractivity contribution in [2.45, 2.75) is 37.8 Å². The van der Waals surface area contributed by atoms with Gasteiger partial charge in [-0.1, -0.05) is 12.1 Å². The van der Waals surface area contributed by atoms with Crippen molar-refractivity contribution in [3.63, 3.8) is 0 Å². The highest BCUT2D eigenvalue weighted by atomic mass is 15.3. The lowest BCUT2D eigenvalue weighted by Gasteiger charge is -2.44. The Bertz CT molecular complexity index is 459. The first-order chi connectivity index (χ1) is 9.17. The quantitative estimate of drug-likeness (QED) is 0.901. The number of hydrogen-bond acceptors (Lipinski definition) is 3. The molecule has 2 fully saturated rings. The molecule has 1 aromatic carbocycles. The molecular formula is C16H25N3. The third-order valence-electron chi connectivity index (χ3n) is 5.23. The highest BCUT2D eigenvalue weighted by molar-refractivity contribution is 5.51. The summed E-state index contributed by atoms with van der Waals surface area (Å²) in [7, 11) is 2.23. The van der Waals surface area contributed by atoms with Crippen LogP contribution in [0, 0.1) is 6.92 Å². The Morgan fingerprint density at radius 1 is 1.42 bits per heavy atom. The summed E-state index contributed by atoms with van der Waals surface area (Å²) in [5.74, 6) is 0. The molecule has 2 atom stereocenters. The van der Waals surface area contributed by atoms with Crippen LogP contribution in [0.15, 0.2) is 24.3 Å². The Hall–Kier alpha value is -1.06. The Morgan fingerprint density at radius 2 is 2.26 bits per heavy atom. The van der Waals surface area contributed by atoms with Gasteiger partial charge in [-0.25, -0.2) is 0 Å². The molecule has 0 spiro atoms. The smallest absolute Gasteiger partial charge is 0.0687 e. The largest absolute Gasteiger partial charge is 0.366 e. The van der Waals surface area contributed by atoms with Gasteiger partial charge in [0.25, 0.3) is 0 Å². The summed E-state index contributed by atoms with van der Waals surface area (Å²) >= 11 is 0. The zero-order valence-corrected chi connectivity index (χ0v) is 12.1. The zero-order valence-electron chi connectivity index (χ0n) is 12.1. The van der Waals surface area contributed by atoms with E-state index in [9.17, 15) is 0 Å². The SMILES string of the molecule is Cc1cccc(N(C)C2(CN)CCN3CCCC32)c1. The molecule has 2 aliphatic heterocycles. The minimum absolute atomic E-state index is 0.129. The lowest BCUT2D eigenvalue weighted by atomic mass is 9.86. The molecule has 2 N–H and O–H groups in total. The summed E-state index contributed by atoms with van der Waals surface area (Å²) in [6, 6.07) is 9.43. The first kappa shape index (κ1) is 12.9. The van der Waals surface area contributed by atoms with E-state index < -0.39 is 0 Å².